The lowest BCUT2D eigenvalue weighted by Gasteiger charge is -2.31. The molecule has 2 atom stereocenters. The largest absolute Gasteiger partial charge is 0.390 e. The Hall–Kier alpha value is -2.93. The number of hydrogen-bond donors (Lipinski definition) is 2. The fraction of sp³-hybridized carbons (Fsp3) is 0.182. The second-order valence-corrected chi connectivity index (χ2v) is 13.4. The first-order chi connectivity index (χ1) is 16.0. The van der Waals surface area contributed by atoms with Crippen molar-refractivity contribution in [2.45, 2.75) is 21.9 Å². The van der Waals surface area contributed by atoms with E-state index in [9.17, 15) is 30.4 Å². The van der Waals surface area contributed by atoms with Crippen LogP contribution in [0.5, 0.6) is 0 Å². The molecule has 3 aromatic carbocycles. The van der Waals surface area contributed by atoms with Gasteiger partial charge in [-0.15, -0.1) is 0 Å². The van der Waals surface area contributed by atoms with E-state index in [1.165, 1.54) is 60.7 Å². The number of rotatable bonds is 7. The maximum Gasteiger partial charge on any atom is 0.264 e. The molecule has 1 saturated heterocycles. The molecule has 0 aromatic heterocycles. The lowest BCUT2D eigenvalue weighted by molar-refractivity contribution is 0.184. The highest BCUT2D eigenvalue weighted by atomic mass is 32.2. The van der Waals surface area contributed by atoms with Gasteiger partial charge in [-0.2, -0.15) is 0 Å². The molecule has 2 N–H and O–H groups in total. The molecule has 0 bridgehead atoms. The molecule has 0 saturated carbocycles. The van der Waals surface area contributed by atoms with Gasteiger partial charge >= 0.3 is 0 Å². The van der Waals surface area contributed by atoms with Crippen LogP contribution in [0.2, 0.25) is 0 Å². The molecule has 0 unspecified atom stereocenters. The van der Waals surface area contributed by atoms with Gasteiger partial charge in [0.2, 0.25) is 0 Å². The molecule has 0 spiro atoms. The average Bonchev–Trinajstić information content (AvgIpc) is 3.07. The Bertz CT molecular complexity index is 1480. The number of nitrogens with one attached hydrogen (secondary N) is 1. The zero-order chi connectivity index (χ0) is 24.6. The summed E-state index contributed by atoms with van der Waals surface area (Å²) in [4.78, 5) is -0.00741. The Kier molecular flexibility index (Phi) is 6.42. The number of hydrogen-bond acceptors (Lipinski definition) is 7. The lowest BCUT2D eigenvalue weighted by Crippen LogP contribution is -2.47. The van der Waals surface area contributed by atoms with E-state index in [1.54, 1.807) is 24.3 Å². The van der Waals surface area contributed by atoms with Crippen molar-refractivity contribution in [3.05, 3.63) is 84.9 Å². The van der Waals surface area contributed by atoms with Gasteiger partial charge in [-0.05, 0) is 48.5 Å². The van der Waals surface area contributed by atoms with Gasteiger partial charge in [-0.3, -0.25) is 9.03 Å². The zero-order valence-electron chi connectivity index (χ0n) is 17.7. The van der Waals surface area contributed by atoms with Crippen LogP contribution in [0, 0.1) is 0 Å². The molecule has 1 aliphatic heterocycles. The van der Waals surface area contributed by atoms with Crippen LogP contribution in [0.3, 0.4) is 0 Å². The molecule has 0 amide bonds. The van der Waals surface area contributed by atoms with Gasteiger partial charge in [0, 0.05) is 5.69 Å². The molecule has 4 rings (SSSR count). The molecule has 0 aliphatic carbocycles. The second kappa shape index (κ2) is 9.02. The topological polar surface area (TPSA) is 138 Å². The van der Waals surface area contributed by atoms with Crippen LogP contribution >= 0.6 is 0 Å². The minimum atomic E-state index is -4.24. The zero-order valence-corrected chi connectivity index (χ0v) is 20.2. The third kappa shape index (κ3) is 4.94. The van der Waals surface area contributed by atoms with E-state index in [0.717, 1.165) is 4.31 Å². The Balaban J connectivity index is 1.71. The van der Waals surface area contributed by atoms with E-state index in [1.807, 2.05) is 0 Å². The van der Waals surface area contributed by atoms with Crippen molar-refractivity contribution in [3.8, 4) is 0 Å². The number of sulfone groups is 1. The smallest absolute Gasteiger partial charge is 0.264 e. The quantitative estimate of drug-likeness (QED) is 0.483. The van der Waals surface area contributed by atoms with Crippen molar-refractivity contribution in [3.63, 3.8) is 0 Å². The first kappa shape index (κ1) is 24.2. The fourth-order valence-electron chi connectivity index (χ4n) is 3.74. The Morgan fingerprint density at radius 2 is 1.29 bits per heavy atom. The Morgan fingerprint density at radius 1 is 0.765 bits per heavy atom. The monoisotopic (exact) mass is 522 g/mol. The number of nitrogens with zero attached hydrogens (tertiary/aromatic N) is 1. The minimum absolute atomic E-state index is 0.0617. The van der Waals surface area contributed by atoms with Crippen LogP contribution in [0.15, 0.2) is 94.7 Å². The van der Waals surface area contributed by atoms with Gasteiger partial charge < -0.3 is 5.11 Å². The number of aliphatic hydroxyl groups excluding tert-OH is 1. The first-order valence-electron chi connectivity index (χ1n) is 10.2. The fourth-order valence-corrected chi connectivity index (χ4v) is 8.38. The summed E-state index contributed by atoms with van der Waals surface area (Å²) in [5, 5.41) is 10.4. The molecular formula is C22H22N2O7S3. The predicted molar refractivity (Wildman–Crippen MR) is 128 cm³/mol. The van der Waals surface area contributed by atoms with E-state index in [4.69, 9.17) is 0 Å². The van der Waals surface area contributed by atoms with E-state index in [2.05, 4.69) is 4.72 Å². The molecule has 1 heterocycles. The highest BCUT2D eigenvalue weighted by molar-refractivity contribution is 7.93. The van der Waals surface area contributed by atoms with Gasteiger partial charge in [0.25, 0.3) is 20.0 Å². The van der Waals surface area contributed by atoms with E-state index in [0.29, 0.717) is 0 Å². The standard InChI is InChI=1S/C22H22N2O7S3/c25-22-16-32(26,27)15-21(22)24(34(30,31)20-9-5-2-6-10-20)18-13-11-17(12-14-18)23-33(28,29)19-7-3-1-4-8-19/h1-14,21-23,25H,15-16H2/t21-,22+/m1/s1. The van der Waals surface area contributed by atoms with E-state index >= 15 is 0 Å². The number of aliphatic hydroxyl groups is 1. The van der Waals surface area contributed by atoms with Gasteiger partial charge in [-0.25, -0.2) is 25.3 Å². The summed E-state index contributed by atoms with van der Waals surface area (Å²) in [7, 11) is -11.8. The van der Waals surface area contributed by atoms with Crippen LogP contribution in [0.4, 0.5) is 11.4 Å². The summed E-state index contributed by atoms with van der Waals surface area (Å²) in [6.45, 7) is 0. The van der Waals surface area contributed by atoms with Crippen molar-refractivity contribution >= 4 is 41.3 Å². The maximum absolute atomic E-state index is 13.5. The molecule has 3 aromatic rings. The third-order valence-electron chi connectivity index (χ3n) is 5.32. The summed E-state index contributed by atoms with van der Waals surface area (Å²) >= 11 is 0. The molecular weight excluding hydrogens is 500 g/mol. The van der Waals surface area contributed by atoms with Crippen molar-refractivity contribution in [1.29, 1.82) is 0 Å². The van der Waals surface area contributed by atoms with E-state index < -0.39 is 53.5 Å². The van der Waals surface area contributed by atoms with Crippen molar-refractivity contribution in [2.24, 2.45) is 0 Å². The van der Waals surface area contributed by atoms with Gasteiger partial charge in [0.1, 0.15) is 0 Å². The summed E-state index contributed by atoms with van der Waals surface area (Å²) in [6.07, 6.45) is -1.42. The summed E-state index contributed by atoms with van der Waals surface area (Å²) in [5.74, 6) is -1.09. The molecule has 180 valence electrons. The van der Waals surface area contributed by atoms with Crippen LogP contribution in [-0.4, -0.2) is 54.0 Å². The first-order valence-corrected chi connectivity index (χ1v) is 14.9. The highest BCUT2D eigenvalue weighted by Gasteiger charge is 2.45. The van der Waals surface area contributed by atoms with Gasteiger partial charge in [-0.1, -0.05) is 36.4 Å². The molecule has 9 nitrogen and oxygen atoms in total. The van der Waals surface area contributed by atoms with Crippen LogP contribution in [-0.2, 0) is 29.9 Å². The van der Waals surface area contributed by atoms with Crippen molar-refractivity contribution < 1.29 is 30.4 Å². The molecule has 1 fully saturated rings. The molecule has 12 heteroatoms. The molecule has 0 radical (unpaired) electrons. The van der Waals surface area contributed by atoms with E-state index in [-0.39, 0.29) is 21.2 Å². The third-order valence-corrected chi connectivity index (χ3v) is 10.3. The predicted octanol–water partition coefficient (Wildman–Crippen LogP) is 1.84. The van der Waals surface area contributed by atoms with Crippen molar-refractivity contribution in [1.82, 2.24) is 0 Å². The van der Waals surface area contributed by atoms with Gasteiger partial charge in [0.15, 0.2) is 9.84 Å². The number of anilines is 2. The lowest BCUT2D eigenvalue weighted by atomic mass is 10.2. The highest BCUT2D eigenvalue weighted by Crippen LogP contribution is 2.32. The van der Waals surface area contributed by atoms with Gasteiger partial charge in [0.05, 0.1) is 39.1 Å². The number of benzene rings is 3. The second-order valence-electron chi connectivity index (χ2n) is 7.79. The van der Waals surface area contributed by atoms with Crippen molar-refractivity contribution in [2.75, 3.05) is 20.5 Å². The van der Waals surface area contributed by atoms with Crippen LogP contribution < -0.4 is 9.03 Å². The summed E-state index contributed by atoms with van der Waals surface area (Å²) in [5.41, 5.74) is 0.275. The minimum Gasteiger partial charge on any atom is -0.390 e. The SMILES string of the molecule is O=S1(=O)C[C@@H](N(c2ccc(NS(=O)(=O)c3ccccc3)cc2)S(=O)(=O)c2ccccc2)[C@@H](O)C1. The van der Waals surface area contributed by atoms with Crippen LogP contribution in [0.1, 0.15) is 0 Å². The number of sulfonamides is 2. The maximum atomic E-state index is 13.5. The Labute approximate surface area is 198 Å². The molecule has 1 aliphatic rings. The average molecular weight is 523 g/mol. The normalized spacial score (nSPS) is 20.0. The Morgan fingerprint density at radius 3 is 1.79 bits per heavy atom. The summed E-state index contributed by atoms with van der Waals surface area (Å²) in [6, 6.07) is 19.4. The molecule has 34 heavy (non-hydrogen) atoms. The summed E-state index contributed by atoms with van der Waals surface area (Å²) < 4.78 is 79.7. The van der Waals surface area contributed by atoms with Crippen LogP contribution in [0.25, 0.3) is 0 Å².